The summed E-state index contributed by atoms with van der Waals surface area (Å²) in [5.41, 5.74) is 14.3. The number of rotatable bonds is 4. The molecule has 33 heavy (non-hydrogen) atoms. The van der Waals surface area contributed by atoms with Gasteiger partial charge in [0, 0.05) is 23.3 Å². The average molecular weight is 441 g/mol. The molecule has 0 radical (unpaired) electrons. The zero-order valence-electron chi connectivity index (χ0n) is 19.2. The summed E-state index contributed by atoms with van der Waals surface area (Å²) in [5, 5.41) is 11.5. The van der Waals surface area contributed by atoms with Crippen LogP contribution in [0.3, 0.4) is 0 Å². The number of nitrogens with one attached hydrogen (secondary N) is 1. The van der Waals surface area contributed by atoms with Crippen LogP contribution in [0.4, 0.5) is 0 Å². The van der Waals surface area contributed by atoms with E-state index >= 15 is 0 Å². The van der Waals surface area contributed by atoms with Gasteiger partial charge in [0.05, 0.1) is 17.6 Å². The van der Waals surface area contributed by atoms with E-state index in [4.69, 9.17) is 5.73 Å². The number of Topliss-reactive ketones (excluding diaryl/α,β-unsaturated/α-hetero) is 1. The monoisotopic (exact) mass is 440 g/mol. The Morgan fingerprint density at radius 2 is 1.79 bits per heavy atom. The first-order valence-electron chi connectivity index (χ1n) is 11.3. The van der Waals surface area contributed by atoms with Crippen molar-refractivity contribution in [3.8, 4) is 6.07 Å². The van der Waals surface area contributed by atoms with Crippen LogP contribution in [0.1, 0.15) is 72.0 Å². The van der Waals surface area contributed by atoms with E-state index in [0.29, 0.717) is 42.0 Å². The molecule has 1 atom stereocenters. The summed E-state index contributed by atoms with van der Waals surface area (Å²) in [6, 6.07) is 17.4. The molecule has 0 fully saturated rings. The largest absolute Gasteiger partial charge is 0.383 e. The Morgan fingerprint density at radius 1 is 1.12 bits per heavy atom. The Bertz CT molecular complexity index is 1200. The normalized spacial score (nSPS) is 18.3. The van der Waals surface area contributed by atoms with Gasteiger partial charge in [-0.25, -0.2) is 5.01 Å². The standard InChI is InChI=1S/C27H28N4O2/c1-16(2)18-11-13-19(14-12-18)24-21(15-28)26(29)31(22-5-4-6-23(32)25(22)24)30-27(33)20-9-7-17(3)8-10-20/h7-14,16,24H,4-6,29H2,1-3H3,(H,30,33). The number of aryl methyl sites for hydroxylation is 1. The maximum atomic E-state index is 13.1. The molecule has 6 nitrogen and oxygen atoms in total. The van der Waals surface area contributed by atoms with Crippen molar-refractivity contribution >= 4 is 11.7 Å². The number of nitrogens with zero attached hydrogens (tertiary/aromatic N) is 2. The van der Waals surface area contributed by atoms with Gasteiger partial charge in [0.15, 0.2) is 5.78 Å². The first-order chi connectivity index (χ1) is 15.8. The molecule has 1 aliphatic carbocycles. The quantitative estimate of drug-likeness (QED) is 0.726. The van der Waals surface area contributed by atoms with E-state index in [1.54, 1.807) is 12.1 Å². The highest BCUT2D eigenvalue weighted by Gasteiger charge is 2.40. The fraction of sp³-hybridized carbons (Fsp3) is 0.296. The summed E-state index contributed by atoms with van der Waals surface area (Å²) in [4.78, 5) is 26.1. The van der Waals surface area contributed by atoms with Crippen LogP contribution in [0, 0.1) is 18.3 Å². The molecule has 0 spiro atoms. The summed E-state index contributed by atoms with van der Waals surface area (Å²) in [5.74, 6) is -0.361. The summed E-state index contributed by atoms with van der Waals surface area (Å²) in [6.45, 7) is 6.19. The lowest BCUT2D eigenvalue weighted by molar-refractivity contribution is -0.116. The second-order valence-corrected chi connectivity index (χ2v) is 8.94. The van der Waals surface area contributed by atoms with E-state index < -0.39 is 5.92 Å². The third-order valence-corrected chi connectivity index (χ3v) is 6.38. The van der Waals surface area contributed by atoms with Gasteiger partial charge in [-0.1, -0.05) is 55.8 Å². The summed E-state index contributed by atoms with van der Waals surface area (Å²) >= 11 is 0. The third-order valence-electron chi connectivity index (χ3n) is 6.38. The van der Waals surface area contributed by atoms with Crippen LogP contribution >= 0.6 is 0 Å². The molecule has 0 saturated carbocycles. The molecule has 2 aromatic rings. The van der Waals surface area contributed by atoms with Gasteiger partial charge in [-0.3, -0.25) is 15.0 Å². The number of nitrogens with two attached hydrogens (primary N) is 1. The molecular weight excluding hydrogens is 412 g/mol. The third kappa shape index (κ3) is 4.14. The van der Waals surface area contributed by atoms with E-state index in [2.05, 4.69) is 25.3 Å². The second kappa shape index (κ2) is 8.95. The summed E-state index contributed by atoms with van der Waals surface area (Å²) < 4.78 is 0. The molecule has 1 amide bonds. The lowest BCUT2D eigenvalue weighted by Gasteiger charge is -2.39. The molecule has 168 valence electrons. The molecule has 2 aromatic carbocycles. The number of allylic oxidation sites excluding steroid dienone is 3. The number of amides is 1. The molecule has 0 bridgehead atoms. The van der Waals surface area contributed by atoms with Gasteiger partial charge in [-0.05, 0) is 48.9 Å². The van der Waals surface area contributed by atoms with Crippen LogP contribution < -0.4 is 11.2 Å². The van der Waals surface area contributed by atoms with Crippen LogP contribution in [-0.4, -0.2) is 16.7 Å². The van der Waals surface area contributed by atoms with E-state index in [1.165, 1.54) is 10.6 Å². The van der Waals surface area contributed by atoms with Gasteiger partial charge < -0.3 is 5.73 Å². The highest BCUT2D eigenvalue weighted by Crippen LogP contribution is 2.44. The molecule has 6 heteroatoms. The van der Waals surface area contributed by atoms with Gasteiger partial charge in [0.25, 0.3) is 5.91 Å². The van der Waals surface area contributed by atoms with Crippen LogP contribution in [0.5, 0.6) is 0 Å². The fourth-order valence-electron chi connectivity index (χ4n) is 4.49. The lowest BCUT2D eigenvalue weighted by Crippen LogP contribution is -2.48. The number of carbonyl (C=O) groups is 2. The summed E-state index contributed by atoms with van der Waals surface area (Å²) in [6.07, 6.45) is 1.68. The van der Waals surface area contributed by atoms with Crippen molar-refractivity contribution in [2.75, 3.05) is 0 Å². The first-order valence-corrected chi connectivity index (χ1v) is 11.3. The van der Waals surface area contributed by atoms with Crippen molar-refractivity contribution < 1.29 is 9.59 Å². The Balaban J connectivity index is 1.78. The van der Waals surface area contributed by atoms with Gasteiger partial charge in [0.2, 0.25) is 0 Å². The average Bonchev–Trinajstić information content (AvgIpc) is 2.81. The minimum Gasteiger partial charge on any atom is -0.383 e. The van der Waals surface area contributed by atoms with E-state index in [9.17, 15) is 14.9 Å². The smallest absolute Gasteiger partial charge is 0.270 e. The van der Waals surface area contributed by atoms with E-state index in [-0.39, 0.29) is 23.1 Å². The zero-order valence-corrected chi connectivity index (χ0v) is 19.2. The summed E-state index contributed by atoms with van der Waals surface area (Å²) in [7, 11) is 0. The highest BCUT2D eigenvalue weighted by molar-refractivity contribution is 6.00. The van der Waals surface area contributed by atoms with Crippen LogP contribution in [0.2, 0.25) is 0 Å². The molecule has 2 aliphatic rings. The molecule has 0 aromatic heterocycles. The number of ketones is 1. The van der Waals surface area contributed by atoms with Crippen molar-refractivity contribution in [2.24, 2.45) is 5.73 Å². The number of nitriles is 1. The van der Waals surface area contributed by atoms with Gasteiger partial charge in [-0.15, -0.1) is 0 Å². The number of hydrazine groups is 1. The predicted molar refractivity (Wildman–Crippen MR) is 126 cm³/mol. The minimum absolute atomic E-state index is 0.0102. The van der Waals surface area contributed by atoms with E-state index in [1.807, 2.05) is 43.3 Å². The molecule has 3 N–H and O–H groups in total. The van der Waals surface area contributed by atoms with Crippen molar-refractivity contribution in [3.63, 3.8) is 0 Å². The maximum absolute atomic E-state index is 13.1. The van der Waals surface area contributed by atoms with Crippen LogP contribution in [-0.2, 0) is 4.79 Å². The fourth-order valence-corrected chi connectivity index (χ4v) is 4.49. The number of hydrogen-bond donors (Lipinski definition) is 2. The predicted octanol–water partition coefficient (Wildman–Crippen LogP) is 4.56. The number of carbonyl (C=O) groups excluding carboxylic acids is 2. The first kappa shape index (κ1) is 22.3. The van der Waals surface area contributed by atoms with Gasteiger partial charge in [-0.2, -0.15) is 5.26 Å². The lowest BCUT2D eigenvalue weighted by atomic mass is 9.76. The zero-order chi connectivity index (χ0) is 23.7. The molecule has 1 heterocycles. The second-order valence-electron chi connectivity index (χ2n) is 8.94. The molecule has 0 saturated heterocycles. The van der Waals surface area contributed by atoms with E-state index in [0.717, 1.165) is 11.1 Å². The van der Waals surface area contributed by atoms with Crippen LogP contribution in [0.25, 0.3) is 0 Å². The molecule has 4 rings (SSSR count). The topological polar surface area (TPSA) is 99.2 Å². The van der Waals surface area contributed by atoms with Crippen molar-refractivity contribution in [2.45, 2.75) is 51.9 Å². The van der Waals surface area contributed by atoms with Crippen molar-refractivity contribution in [1.29, 1.82) is 5.26 Å². The number of benzene rings is 2. The minimum atomic E-state index is -0.536. The Kier molecular flexibility index (Phi) is 6.06. The highest BCUT2D eigenvalue weighted by atomic mass is 16.2. The van der Waals surface area contributed by atoms with Gasteiger partial charge in [0.1, 0.15) is 5.82 Å². The van der Waals surface area contributed by atoms with Crippen molar-refractivity contribution in [1.82, 2.24) is 10.4 Å². The number of hydrogen-bond acceptors (Lipinski definition) is 5. The van der Waals surface area contributed by atoms with Crippen molar-refractivity contribution in [3.05, 3.63) is 93.4 Å². The SMILES string of the molecule is Cc1ccc(C(=O)NN2C(N)=C(C#N)C(c3ccc(C(C)C)cc3)C3=C2CCCC3=O)cc1. The molecular formula is C27H28N4O2. The Morgan fingerprint density at radius 3 is 2.39 bits per heavy atom. The Labute approximate surface area is 194 Å². The molecule has 1 aliphatic heterocycles. The Hall–Kier alpha value is -3.85. The van der Waals surface area contributed by atoms with Gasteiger partial charge >= 0.3 is 0 Å². The maximum Gasteiger partial charge on any atom is 0.270 e. The van der Waals surface area contributed by atoms with Crippen LogP contribution in [0.15, 0.2) is 71.2 Å². The molecule has 1 unspecified atom stereocenters.